The second-order valence-electron chi connectivity index (χ2n) is 3.84. The standard InChI is InChI=1S/C13H20ClNO2/c1-5-9(6-2)15-11-7-10(14)12(16-3)8-13(11)17-4/h7-9,15H,5-6H2,1-4H3. The molecule has 96 valence electrons. The van der Waals surface area contributed by atoms with Crippen LogP contribution in [-0.4, -0.2) is 20.3 Å². The van der Waals surface area contributed by atoms with Crippen LogP contribution in [0, 0.1) is 0 Å². The molecule has 1 aromatic carbocycles. The van der Waals surface area contributed by atoms with Crippen molar-refractivity contribution in [2.24, 2.45) is 0 Å². The van der Waals surface area contributed by atoms with Crippen molar-refractivity contribution in [1.82, 2.24) is 0 Å². The molecule has 3 nitrogen and oxygen atoms in total. The number of benzene rings is 1. The molecule has 0 unspecified atom stereocenters. The van der Waals surface area contributed by atoms with E-state index in [-0.39, 0.29) is 0 Å². The summed E-state index contributed by atoms with van der Waals surface area (Å²) in [6, 6.07) is 4.07. The van der Waals surface area contributed by atoms with E-state index in [0.717, 1.165) is 24.3 Å². The molecule has 0 atom stereocenters. The van der Waals surface area contributed by atoms with Crippen LogP contribution in [0.15, 0.2) is 12.1 Å². The molecule has 0 aliphatic rings. The zero-order valence-electron chi connectivity index (χ0n) is 10.8. The van der Waals surface area contributed by atoms with Gasteiger partial charge in [0.15, 0.2) is 0 Å². The maximum absolute atomic E-state index is 6.11. The van der Waals surface area contributed by atoms with Crippen molar-refractivity contribution < 1.29 is 9.47 Å². The van der Waals surface area contributed by atoms with Gasteiger partial charge in [0.25, 0.3) is 0 Å². The van der Waals surface area contributed by atoms with Crippen LogP contribution in [0.3, 0.4) is 0 Å². The number of rotatable bonds is 6. The first kappa shape index (κ1) is 14.0. The van der Waals surface area contributed by atoms with Crippen molar-refractivity contribution in [3.8, 4) is 11.5 Å². The van der Waals surface area contributed by atoms with Crippen LogP contribution in [-0.2, 0) is 0 Å². The normalized spacial score (nSPS) is 10.5. The molecule has 0 amide bonds. The highest BCUT2D eigenvalue weighted by Gasteiger charge is 2.12. The summed E-state index contributed by atoms with van der Waals surface area (Å²) in [5.74, 6) is 1.37. The molecule has 0 radical (unpaired) electrons. The van der Waals surface area contributed by atoms with E-state index in [4.69, 9.17) is 21.1 Å². The third kappa shape index (κ3) is 3.43. The minimum Gasteiger partial charge on any atom is -0.495 e. The predicted octanol–water partition coefficient (Wildman–Crippen LogP) is 3.96. The molecule has 4 heteroatoms. The molecule has 0 aliphatic heterocycles. The van der Waals surface area contributed by atoms with Crippen molar-refractivity contribution in [3.63, 3.8) is 0 Å². The van der Waals surface area contributed by atoms with Crippen LogP contribution in [0.2, 0.25) is 5.02 Å². The Morgan fingerprint density at radius 2 is 1.71 bits per heavy atom. The first-order chi connectivity index (χ1) is 8.15. The van der Waals surface area contributed by atoms with Gasteiger partial charge >= 0.3 is 0 Å². The minimum absolute atomic E-state index is 0.424. The molecule has 0 saturated heterocycles. The maximum Gasteiger partial charge on any atom is 0.145 e. The minimum atomic E-state index is 0.424. The number of hydrogen-bond acceptors (Lipinski definition) is 3. The Balaban J connectivity index is 3.01. The zero-order chi connectivity index (χ0) is 12.8. The number of methoxy groups -OCH3 is 2. The summed E-state index contributed by atoms with van der Waals surface area (Å²) in [6.45, 7) is 4.30. The summed E-state index contributed by atoms with van der Waals surface area (Å²) in [5.41, 5.74) is 0.909. The van der Waals surface area contributed by atoms with Crippen molar-refractivity contribution in [2.45, 2.75) is 32.7 Å². The summed E-state index contributed by atoms with van der Waals surface area (Å²) in [6.07, 6.45) is 2.12. The summed E-state index contributed by atoms with van der Waals surface area (Å²) in [7, 11) is 3.23. The number of halogens is 1. The van der Waals surface area contributed by atoms with E-state index >= 15 is 0 Å². The topological polar surface area (TPSA) is 30.5 Å². The Hall–Kier alpha value is -1.09. The van der Waals surface area contributed by atoms with Gasteiger partial charge in [0.05, 0.1) is 24.9 Å². The first-order valence-corrected chi connectivity index (χ1v) is 6.22. The average Bonchev–Trinajstić information content (AvgIpc) is 2.36. The van der Waals surface area contributed by atoms with E-state index in [9.17, 15) is 0 Å². The molecule has 0 aliphatic carbocycles. The number of hydrogen-bond donors (Lipinski definition) is 1. The van der Waals surface area contributed by atoms with Crippen LogP contribution in [0.1, 0.15) is 26.7 Å². The van der Waals surface area contributed by atoms with Crippen molar-refractivity contribution >= 4 is 17.3 Å². The molecule has 0 heterocycles. The quantitative estimate of drug-likeness (QED) is 0.837. The van der Waals surface area contributed by atoms with Gasteiger partial charge in [0.1, 0.15) is 11.5 Å². The molecule has 0 fully saturated rings. The van der Waals surface area contributed by atoms with Crippen molar-refractivity contribution in [1.29, 1.82) is 0 Å². The first-order valence-electron chi connectivity index (χ1n) is 5.84. The number of nitrogens with one attached hydrogen (secondary N) is 1. The van der Waals surface area contributed by atoms with Crippen LogP contribution < -0.4 is 14.8 Å². The lowest BCUT2D eigenvalue weighted by Gasteiger charge is -2.19. The number of ether oxygens (including phenoxy) is 2. The highest BCUT2D eigenvalue weighted by atomic mass is 35.5. The van der Waals surface area contributed by atoms with Crippen LogP contribution in [0.25, 0.3) is 0 Å². The molecular weight excluding hydrogens is 238 g/mol. The lowest BCUT2D eigenvalue weighted by atomic mass is 10.1. The van der Waals surface area contributed by atoms with Crippen LogP contribution >= 0.6 is 11.6 Å². The second-order valence-corrected chi connectivity index (χ2v) is 4.25. The Labute approximate surface area is 108 Å². The Morgan fingerprint density at radius 3 is 2.18 bits per heavy atom. The fourth-order valence-electron chi connectivity index (χ4n) is 1.69. The highest BCUT2D eigenvalue weighted by molar-refractivity contribution is 6.32. The highest BCUT2D eigenvalue weighted by Crippen LogP contribution is 2.36. The van der Waals surface area contributed by atoms with Gasteiger partial charge in [-0.15, -0.1) is 0 Å². The molecule has 0 spiro atoms. The summed E-state index contributed by atoms with van der Waals surface area (Å²) in [4.78, 5) is 0. The third-order valence-corrected chi connectivity index (χ3v) is 3.11. The van der Waals surface area contributed by atoms with Gasteiger partial charge < -0.3 is 14.8 Å². The molecule has 1 aromatic rings. The molecule has 0 aromatic heterocycles. The van der Waals surface area contributed by atoms with Crippen LogP contribution in [0.5, 0.6) is 11.5 Å². The maximum atomic E-state index is 6.11. The fraction of sp³-hybridized carbons (Fsp3) is 0.538. The molecule has 1 N–H and O–H groups in total. The Morgan fingerprint density at radius 1 is 1.12 bits per heavy atom. The van der Waals surface area contributed by atoms with Gasteiger partial charge in [-0.25, -0.2) is 0 Å². The Bertz CT molecular complexity index is 365. The van der Waals surface area contributed by atoms with Gasteiger partial charge in [0, 0.05) is 12.1 Å². The smallest absolute Gasteiger partial charge is 0.145 e. The lowest BCUT2D eigenvalue weighted by molar-refractivity contribution is 0.395. The number of anilines is 1. The largest absolute Gasteiger partial charge is 0.495 e. The van der Waals surface area contributed by atoms with Gasteiger partial charge in [-0.05, 0) is 18.9 Å². The molecule has 0 saturated carbocycles. The van der Waals surface area contributed by atoms with Gasteiger partial charge in [-0.1, -0.05) is 25.4 Å². The molecular formula is C13H20ClNO2. The SMILES string of the molecule is CCC(CC)Nc1cc(Cl)c(OC)cc1OC. The zero-order valence-corrected chi connectivity index (χ0v) is 11.6. The van der Waals surface area contributed by atoms with Crippen molar-refractivity contribution in [2.75, 3.05) is 19.5 Å². The van der Waals surface area contributed by atoms with Gasteiger partial charge in [-0.3, -0.25) is 0 Å². The summed E-state index contributed by atoms with van der Waals surface area (Å²) < 4.78 is 10.5. The molecule has 17 heavy (non-hydrogen) atoms. The molecule has 0 bridgehead atoms. The van der Waals surface area contributed by atoms with E-state index in [1.54, 1.807) is 20.3 Å². The summed E-state index contributed by atoms with van der Waals surface area (Å²) in [5, 5.41) is 4.01. The van der Waals surface area contributed by atoms with Crippen molar-refractivity contribution in [3.05, 3.63) is 17.2 Å². The lowest BCUT2D eigenvalue weighted by Crippen LogP contribution is -2.17. The monoisotopic (exact) mass is 257 g/mol. The van der Waals surface area contributed by atoms with Gasteiger partial charge in [0.2, 0.25) is 0 Å². The van der Waals surface area contributed by atoms with E-state index in [0.29, 0.717) is 16.8 Å². The average molecular weight is 258 g/mol. The van der Waals surface area contributed by atoms with E-state index in [1.165, 1.54) is 0 Å². The third-order valence-electron chi connectivity index (χ3n) is 2.82. The van der Waals surface area contributed by atoms with Gasteiger partial charge in [-0.2, -0.15) is 0 Å². The predicted molar refractivity (Wildman–Crippen MR) is 72.5 cm³/mol. The van der Waals surface area contributed by atoms with E-state index in [2.05, 4.69) is 19.2 Å². The molecule has 1 rings (SSSR count). The van der Waals surface area contributed by atoms with E-state index in [1.807, 2.05) is 6.07 Å². The fourth-order valence-corrected chi connectivity index (χ4v) is 1.93. The van der Waals surface area contributed by atoms with Crippen LogP contribution in [0.4, 0.5) is 5.69 Å². The summed E-state index contributed by atoms with van der Waals surface area (Å²) >= 11 is 6.11. The second kappa shape index (κ2) is 6.60. The Kier molecular flexibility index (Phi) is 5.42. The van der Waals surface area contributed by atoms with E-state index < -0.39 is 0 Å².